The lowest BCUT2D eigenvalue weighted by Gasteiger charge is -2.24. The van der Waals surface area contributed by atoms with E-state index in [1.165, 1.54) is 5.56 Å². The number of fused-ring (bicyclic) bond motifs is 1. The molecule has 1 aliphatic rings. The molecule has 0 spiro atoms. The SMILES string of the molecule is CC(C)(COc1cccc2c1NCCC2)C(=O)O. The monoisotopic (exact) mass is 249 g/mol. The molecular weight excluding hydrogens is 230 g/mol. The third-order valence-electron chi connectivity index (χ3n) is 3.20. The first-order valence-electron chi connectivity index (χ1n) is 6.23. The highest BCUT2D eigenvalue weighted by atomic mass is 16.5. The Labute approximate surface area is 107 Å². The zero-order valence-corrected chi connectivity index (χ0v) is 10.8. The third-order valence-corrected chi connectivity index (χ3v) is 3.20. The Kier molecular flexibility index (Phi) is 3.45. The van der Waals surface area contributed by atoms with Gasteiger partial charge in [-0.1, -0.05) is 12.1 Å². The number of rotatable bonds is 4. The van der Waals surface area contributed by atoms with Gasteiger partial charge in [0.15, 0.2) is 0 Å². The average Bonchev–Trinajstić information content (AvgIpc) is 2.36. The molecule has 0 saturated heterocycles. The van der Waals surface area contributed by atoms with E-state index in [0.717, 1.165) is 30.8 Å². The molecule has 0 unspecified atom stereocenters. The van der Waals surface area contributed by atoms with Crippen LogP contribution >= 0.6 is 0 Å². The predicted octanol–water partition coefficient (Wildman–Crippen LogP) is 2.53. The Morgan fingerprint density at radius 1 is 1.50 bits per heavy atom. The largest absolute Gasteiger partial charge is 0.490 e. The number of carbonyl (C=O) groups is 1. The van der Waals surface area contributed by atoms with Gasteiger partial charge in [0.25, 0.3) is 0 Å². The highest BCUT2D eigenvalue weighted by molar-refractivity contribution is 5.74. The lowest BCUT2D eigenvalue weighted by Crippen LogP contribution is -2.31. The van der Waals surface area contributed by atoms with Crippen LogP contribution in [0.3, 0.4) is 0 Å². The summed E-state index contributed by atoms with van der Waals surface area (Å²) in [4.78, 5) is 11.0. The quantitative estimate of drug-likeness (QED) is 0.861. The number of aryl methyl sites for hydroxylation is 1. The van der Waals surface area contributed by atoms with Gasteiger partial charge in [-0.15, -0.1) is 0 Å². The number of carboxylic acid groups (broad SMARTS) is 1. The van der Waals surface area contributed by atoms with Crippen LogP contribution in [-0.4, -0.2) is 24.2 Å². The molecule has 1 heterocycles. The summed E-state index contributed by atoms with van der Waals surface area (Å²) in [5.74, 6) is -0.0956. The number of anilines is 1. The van der Waals surface area contributed by atoms with Gasteiger partial charge in [0.2, 0.25) is 0 Å². The van der Waals surface area contributed by atoms with Gasteiger partial charge in [-0.25, -0.2) is 0 Å². The fraction of sp³-hybridized carbons (Fsp3) is 0.500. The third kappa shape index (κ3) is 2.58. The Morgan fingerprint density at radius 2 is 2.28 bits per heavy atom. The van der Waals surface area contributed by atoms with E-state index in [0.29, 0.717) is 0 Å². The highest BCUT2D eigenvalue weighted by Crippen LogP contribution is 2.33. The maximum absolute atomic E-state index is 11.0. The fourth-order valence-corrected chi connectivity index (χ4v) is 1.92. The minimum atomic E-state index is -0.878. The first-order chi connectivity index (χ1) is 8.50. The molecule has 0 fully saturated rings. The molecule has 18 heavy (non-hydrogen) atoms. The van der Waals surface area contributed by atoms with Crippen LogP contribution in [-0.2, 0) is 11.2 Å². The fourth-order valence-electron chi connectivity index (χ4n) is 1.92. The van der Waals surface area contributed by atoms with Crippen molar-refractivity contribution in [2.75, 3.05) is 18.5 Å². The summed E-state index contributed by atoms with van der Waals surface area (Å²) in [5, 5.41) is 12.4. The normalized spacial score (nSPS) is 14.6. The molecule has 1 aromatic rings. The van der Waals surface area contributed by atoms with Crippen molar-refractivity contribution >= 4 is 11.7 Å². The molecule has 98 valence electrons. The summed E-state index contributed by atoms with van der Waals surface area (Å²) in [6.45, 7) is 4.44. The van der Waals surface area contributed by atoms with E-state index in [2.05, 4.69) is 11.4 Å². The van der Waals surface area contributed by atoms with Gasteiger partial charge in [0.1, 0.15) is 12.4 Å². The van der Waals surface area contributed by atoms with Crippen molar-refractivity contribution < 1.29 is 14.6 Å². The van der Waals surface area contributed by atoms with Gasteiger partial charge >= 0.3 is 5.97 Å². The second-order valence-electron chi connectivity index (χ2n) is 5.30. The molecule has 4 nitrogen and oxygen atoms in total. The van der Waals surface area contributed by atoms with Crippen LogP contribution in [0.25, 0.3) is 0 Å². The van der Waals surface area contributed by atoms with Crippen LogP contribution in [0.1, 0.15) is 25.8 Å². The number of ether oxygens (including phenoxy) is 1. The van der Waals surface area contributed by atoms with Gasteiger partial charge in [-0.05, 0) is 38.3 Å². The Morgan fingerprint density at radius 3 is 3.00 bits per heavy atom. The van der Waals surface area contributed by atoms with E-state index in [-0.39, 0.29) is 6.61 Å². The van der Waals surface area contributed by atoms with Gasteiger partial charge in [0.05, 0.1) is 11.1 Å². The van der Waals surface area contributed by atoms with E-state index >= 15 is 0 Å². The van der Waals surface area contributed by atoms with E-state index in [4.69, 9.17) is 9.84 Å². The van der Waals surface area contributed by atoms with Crippen molar-refractivity contribution in [3.05, 3.63) is 23.8 Å². The molecule has 0 atom stereocenters. The van der Waals surface area contributed by atoms with Crippen molar-refractivity contribution in [2.45, 2.75) is 26.7 Å². The standard InChI is InChI=1S/C14H19NO3/c1-14(2,13(16)17)9-18-11-7-3-5-10-6-4-8-15-12(10)11/h3,5,7,15H,4,6,8-9H2,1-2H3,(H,16,17). The smallest absolute Gasteiger partial charge is 0.312 e. The Hall–Kier alpha value is -1.71. The molecule has 2 rings (SSSR count). The van der Waals surface area contributed by atoms with Crippen molar-refractivity contribution in [3.8, 4) is 5.75 Å². The molecule has 0 bridgehead atoms. The summed E-state index contributed by atoms with van der Waals surface area (Å²) < 4.78 is 5.69. The Balaban J connectivity index is 2.13. The molecule has 0 radical (unpaired) electrons. The number of carboxylic acids is 1. The lowest BCUT2D eigenvalue weighted by atomic mass is 9.95. The number of benzene rings is 1. The molecular formula is C14H19NO3. The van der Waals surface area contributed by atoms with Crippen molar-refractivity contribution in [1.82, 2.24) is 0 Å². The summed E-state index contributed by atoms with van der Waals surface area (Å²) in [5.41, 5.74) is 1.38. The van der Waals surface area contributed by atoms with E-state index < -0.39 is 11.4 Å². The van der Waals surface area contributed by atoms with Crippen LogP contribution in [0.5, 0.6) is 5.75 Å². The topological polar surface area (TPSA) is 58.6 Å². The van der Waals surface area contributed by atoms with Gasteiger partial charge in [0, 0.05) is 6.54 Å². The minimum absolute atomic E-state index is 0.167. The Bertz CT molecular complexity index is 454. The van der Waals surface area contributed by atoms with E-state index in [1.807, 2.05) is 12.1 Å². The summed E-state index contributed by atoms with van der Waals surface area (Å²) in [6.07, 6.45) is 2.17. The number of aliphatic carboxylic acids is 1. The average molecular weight is 249 g/mol. The molecule has 4 heteroatoms. The van der Waals surface area contributed by atoms with Crippen LogP contribution in [0.2, 0.25) is 0 Å². The molecule has 0 aliphatic carbocycles. The zero-order chi connectivity index (χ0) is 13.2. The summed E-state index contributed by atoms with van der Waals surface area (Å²) in [6, 6.07) is 5.92. The molecule has 0 amide bonds. The maximum atomic E-state index is 11.0. The second-order valence-corrected chi connectivity index (χ2v) is 5.30. The number of hydrogen-bond donors (Lipinski definition) is 2. The lowest BCUT2D eigenvalue weighted by molar-refractivity contribution is -0.148. The number of para-hydroxylation sites is 1. The summed E-state index contributed by atoms with van der Waals surface area (Å²) in [7, 11) is 0. The van der Waals surface area contributed by atoms with Crippen LogP contribution in [0.15, 0.2) is 18.2 Å². The number of nitrogens with one attached hydrogen (secondary N) is 1. The first-order valence-corrected chi connectivity index (χ1v) is 6.23. The molecule has 1 aliphatic heterocycles. The molecule has 2 N–H and O–H groups in total. The van der Waals surface area contributed by atoms with Crippen LogP contribution < -0.4 is 10.1 Å². The van der Waals surface area contributed by atoms with Gasteiger partial charge in [-0.2, -0.15) is 0 Å². The maximum Gasteiger partial charge on any atom is 0.312 e. The highest BCUT2D eigenvalue weighted by Gasteiger charge is 2.28. The first kappa shape index (κ1) is 12.7. The van der Waals surface area contributed by atoms with Gasteiger partial charge in [-0.3, -0.25) is 4.79 Å². The van der Waals surface area contributed by atoms with Crippen molar-refractivity contribution in [2.24, 2.45) is 5.41 Å². The number of hydrogen-bond acceptors (Lipinski definition) is 3. The predicted molar refractivity (Wildman–Crippen MR) is 70.2 cm³/mol. The van der Waals surface area contributed by atoms with Crippen LogP contribution in [0, 0.1) is 5.41 Å². The minimum Gasteiger partial charge on any atom is -0.490 e. The zero-order valence-electron chi connectivity index (χ0n) is 10.8. The summed E-state index contributed by atoms with van der Waals surface area (Å²) >= 11 is 0. The van der Waals surface area contributed by atoms with Crippen LogP contribution in [0.4, 0.5) is 5.69 Å². The second kappa shape index (κ2) is 4.88. The molecule has 0 aromatic heterocycles. The van der Waals surface area contributed by atoms with E-state index in [1.54, 1.807) is 13.8 Å². The van der Waals surface area contributed by atoms with Gasteiger partial charge < -0.3 is 15.2 Å². The van der Waals surface area contributed by atoms with E-state index in [9.17, 15) is 4.79 Å². The molecule has 1 aromatic carbocycles. The van der Waals surface area contributed by atoms with Crippen molar-refractivity contribution in [3.63, 3.8) is 0 Å². The van der Waals surface area contributed by atoms with Crippen molar-refractivity contribution in [1.29, 1.82) is 0 Å². The molecule has 0 saturated carbocycles.